The van der Waals surface area contributed by atoms with Crippen molar-refractivity contribution < 1.29 is 14.5 Å². The molecule has 8 heteroatoms. The summed E-state index contributed by atoms with van der Waals surface area (Å²) in [4.78, 5) is 25.4. The lowest BCUT2D eigenvalue weighted by atomic mass is 10.0. The van der Waals surface area contributed by atoms with E-state index in [1.807, 2.05) is 24.3 Å². The number of methoxy groups -OCH3 is 1. The first-order chi connectivity index (χ1) is 13.5. The molecule has 1 atom stereocenters. The number of nitrogens with zero attached hydrogens (tertiary/aromatic N) is 2. The lowest BCUT2D eigenvalue weighted by Crippen LogP contribution is -2.36. The predicted octanol–water partition coefficient (Wildman–Crippen LogP) is 3.82. The Hall–Kier alpha value is -2.64. The van der Waals surface area contributed by atoms with Crippen LogP contribution in [0.2, 0.25) is 5.02 Å². The maximum absolute atomic E-state index is 12.6. The molecule has 1 aliphatic rings. The zero-order valence-corrected chi connectivity index (χ0v) is 16.3. The molecule has 2 aromatic carbocycles. The summed E-state index contributed by atoms with van der Waals surface area (Å²) in [5.74, 6) is 0.416. The molecule has 0 spiro atoms. The van der Waals surface area contributed by atoms with Gasteiger partial charge in [-0.15, -0.1) is 0 Å². The number of carbonyl (C=O) groups is 1. The molecule has 28 heavy (non-hydrogen) atoms. The molecule has 148 valence electrons. The third kappa shape index (κ3) is 4.61. The summed E-state index contributed by atoms with van der Waals surface area (Å²) in [7, 11) is 1.62. The highest BCUT2D eigenvalue weighted by atomic mass is 35.5. The monoisotopic (exact) mass is 403 g/mol. The number of rotatable bonds is 7. The van der Waals surface area contributed by atoms with Crippen LogP contribution in [0.25, 0.3) is 0 Å². The fraction of sp³-hybridized carbons (Fsp3) is 0.350. The third-order valence-electron chi connectivity index (χ3n) is 4.94. The number of likely N-dealkylation sites (tertiary alicyclic amines) is 1. The smallest absolute Gasteiger partial charge is 0.288 e. The zero-order chi connectivity index (χ0) is 20.1. The average Bonchev–Trinajstić information content (AvgIpc) is 3.23. The third-order valence-corrected chi connectivity index (χ3v) is 5.26. The molecule has 1 heterocycles. The van der Waals surface area contributed by atoms with Crippen molar-refractivity contribution in [1.82, 2.24) is 10.2 Å². The fourth-order valence-corrected chi connectivity index (χ4v) is 3.61. The van der Waals surface area contributed by atoms with Gasteiger partial charge in [-0.3, -0.25) is 19.8 Å². The molecule has 7 nitrogen and oxygen atoms in total. The normalized spacial score (nSPS) is 15.2. The summed E-state index contributed by atoms with van der Waals surface area (Å²) >= 11 is 5.82. The molecule has 1 amide bonds. The molecule has 1 fully saturated rings. The van der Waals surface area contributed by atoms with Crippen LogP contribution in [0.4, 0.5) is 5.69 Å². The topological polar surface area (TPSA) is 84.7 Å². The first-order valence-electron chi connectivity index (χ1n) is 9.09. The van der Waals surface area contributed by atoms with Crippen molar-refractivity contribution in [1.29, 1.82) is 0 Å². The van der Waals surface area contributed by atoms with Crippen molar-refractivity contribution >= 4 is 23.2 Å². The summed E-state index contributed by atoms with van der Waals surface area (Å²) < 4.78 is 5.22. The Labute approximate surface area is 168 Å². The second-order valence-electron chi connectivity index (χ2n) is 6.67. The first-order valence-corrected chi connectivity index (χ1v) is 9.47. The Bertz CT molecular complexity index is 851. The molecule has 0 bridgehead atoms. The summed E-state index contributed by atoms with van der Waals surface area (Å²) in [5, 5.41) is 14.0. The van der Waals surface area contributed by atoms with Gasteiger partial charge in [-0.25, -0.2) is 0 Å². The molecule has 1 N–H and O–H groups in total. The lowest BCUT2D eigenvalue weighted by molar-refractivity contribution is -0.384. The van der Waals surface area contributed by atoms with E-state index in [-0.39, 0.29) is 28.2 Å². The molecule has 2 aromatic rings. The van der Waals surface area contributed by atoms with Crippen molar-refractivity contribution in [3.8, 4) is 5.75 Å². The molecular formula is C20H22ClN3O4. The average molecular weight is 404 g/mol. The fourth-order valence-electron chi connectivity index (χ4n) is 3.42. The molecule has 0 radical (unpaired) electrons. The van der Waals surface area contributed by atoms with Gasteiger partial charge in [0, 0.05) is 18.2 Å². The predicted molar refractivity (Wildman–Crippen MR) is 107 cm³/mol. The largest absolute Gasteiger partial charge is 0.497 e. The van der Waals surface area contributed by atoms with Gasteiger partial charge >= 0.3 is 0 Å². The van der Waals surface area contributed by atoms with Crippen LogP contribution in [-0.4, -0.2) is 42.5 Å². The minimum Gasteiger partial charge on any atom is -0.497 e. The van der Waals surface area contributed by atoms with E-state index in [0.29, 0.717) is 6.54 Å². The van der Waals surface area contributed by atoms with Crippen LogP contribution in [0.1, 0.15) is 34.8 Å². The van der Waals surface area contributed by atoms with Crippen molar-refractivity contribution in [2.45, 2.75) is 18.9 Å². The molecular weight excluding hydrogens is 382 g/mol. The molecule has 3 rings (SSSR count). The number of hydrogen-bond donors (Lipinski definition) is 1. The number of nitrogens with one attached hydrogen (secondary N) is 1. The molecule has 0 saturated carbocycles. The Balaban J connectivity index is 1.75. The number of ether oxygens (including phenoxy) is 1. The van der Waals surface area contributed by atoms with Gasteiger partial charge in [0.2, 0.25) is 0 Å². The van der Waals surface area contributed by atoms with E-state index >= 15 is 0 Å². The van der Waals surface area contributed by atoms with Crippen molar-refractivity contribution in [3.63, 3.8) is 0 Å². The lowest BCUT2D eigenvalue weighted by Gasteiger charge is -2.28. The van der Waals surface area contributed by atoms with E-state index in [1.165, 1.54) is 18.2 Å². The number of nitro benzene ring substituents is 1. The molecule has 0 aliphatic carbocycles. The maximum Gasteiger partial charge on any atom is 0.288 e. The minimum atomic E-state index is -0.594. The van der Waals surface area contributed by atoms with E-state index in [2.05, 4.69) is 10.2 Å². The van der Waals surface area contributed by atoms with Crippen LogP contribution in [0.15, 0.2) is 42.5 Å². The summed E-state index contributed by atoms with van der Waals surface area (Å²) in [5.41, 5.74) is 1.02. The highest BCUT2D eigenvalue weighted by Crippen LogP contribution is 2.27. The molecule has 1 saturated heterocycles. The van der Waals surface area contributed by atoms with Gasteiger partial charge in [0.1, 0.15) is 10.8 Å². The van der Waals surface area contributed by atoms with E-state index in [9.17, 15) is 14.9 Å². The number of halogens is 1. The molecule has 0 unspecified atom stereocenters. The first kappa shape index (κ1) is 20.1. The standard InChI is InChI=1S/C20H22ClN3O4/c1-28-16-7-4-14(5-8-16)19(23-10-2-3-11-23)13-22-20(25)15-6-9-17(21)18(12-15)24(26)27/h4-9,12,19H,2-3,10-11,13H2,1H3,(H,22,25)/t19-/m1/s1. The Morgan fingerprint density at radius 3 is 2.54 bits per heavy atom. The van der Waals surface area contributed by atoms with Crippen LogP contribution in [0.5, 0.6) is 5.75 Å². The number of carbonyl (C=O) groups excluding carboxylic acids is 1. The summed E-state index contributed by atoms with van der Waals surface area (Å²) in [6.45, 7) is 2.35. The number of hydrogen-bond acceptors (Lipinski definition) is 5. The number of amides is 1. The Kier molecular flexibility index (Phi) is 6.49. The number of benzene rings is 2. The van der Waals surface area contributed by atoms with Gasteiger partial charge < -0.3 is 10.1 Å². The van der Waals surface area contributed by atoms with Crippen molar-refractivity contribution in [2.75, 3.05) is 26.7 Å². The molecule has 1 aliphatic heterocycles. The van der Waals surface area contributed by atoms with Gasteiger partial charge in [-0.05, 0) is 55.8 Å². The molecule has 0 aromatic heterocycles. The summed E-state index contributed by atoms with van der Waals surface area (Å²) in [6.07, 6.45) is 2.26. The Morgan fingerprint density at radius 2 is 1.93 bits per heavy atom. The second-order valence-corrected chi connectivity index (χ2v) is 7.07. The van der Waals surface area contributed by atoms with Crippen LogP contribution in [0, 0.1) is 10.1 Å². The Morgan fingerprint density at radius 1 is 1.25 bits per heavy atom. The SMILES string of the molecule is COc1ccc([C@@H](CNC(=O)c2ccc(Cl)c([N+](=O)[O-])c2)N2CCCC2)cc1. The zero-order valence-electron chi connectivity index (χ0n) is 15.6. The van der Waals surface area contributed by atoms with Crippen LogP contribution < -0.4 is 10.1 Å². The highest BCUT2D eigenvalue weighted by molar-refractivity contribution is 6.32. The number of nitro groups is 1. The van der Waals surface area contributed by atoms with Crippen LogP contribution in [-0.2, 0) is 0 Å². The van der Waals surface area contributed by atoms with Gasteiger partial charge in [0.05, 0.1) is 18.1 Å². The van der Waals surface area contributed by atoms with E-state index < -0.39 is 4.92 Å². The van der Waals surface area contributed by atoms with E-state index in [1.54, 1.807) is 7.11 Å². The second kappa shape index (κ2) is 9.03. The summed E-state index contributed by atoms with van der Waals surface area (Å²) in [6, 6.07) is 11.9. The van der Waals surface area contributed by atoms with E-state index in [4.69, 9.17) is 16.3 Å². The quantitative estimate of drug-likeness (QED) is 0.561. The van der Waals surface area contributed by atoms with Gasteiger partial charge in [0.15, 0.2) is 0 Å². The van der Waals surface area contributed by atoms with Gasteiger partial charge in [0.25, 0.3) is 11.6 Å². The van der Waals surface area contributed by atoms with Crippen molar-refractivity contribution in [2.24, 2.45) is 0 Å². The maximum atomic E-state index is 12.6. The minimum absolute atomic E-state index is 0.00901. The van der Waals surface area contributed by atoms with Crippen LogP contribution in [0.3, 0.4) is 0 Å². The van der Waals surface area contributed by atoms with Gasteiger partial charge in [-0.2, -0.15) is 0 Å². The van der Waals surface area contributed by atoms with Crippen LogP contribution >= 0.6 is 11.6 Å². The van der Waals surface area contributed by atoms with Gasteiger partial charge in [-0.1, -0.05) is 23.7 Å². The van der Waals surface area contributed by atoms with Crippen molar-refractivity contribution in [3.05, 3.63) is 68.7 Å². The van der Waals surface area contributed by atoms with E-state index in [0.717, 1.165) is 37.2 Å². The highest BCUT2D eigenvalue weighted by Gasteiger charge is 2.24.